The van der Waals surface area contributed by atoms with Gasteiger partial charge in [-0.25, -0.2) is 5.43 Å². The van der Waals surface area contributed by atoms with Gasteiger partial charge in [-0.3, -0.25) is 4.79 Å². The van der Waals surface area contributed by atoms with E-state index in [0.29, 0.717) is 29.4 Å². The van der Waals surface area contributed by atoms with Gasteiger partial charge < -0.3 is 14.2 Å². The average Bonchev–Trinajstić information content (AvgIpc) is 2.78. The largest absolute Gasteiger partial charge is 0.493 e. The third-order valence-corrected chi connectivity index (χ3v) is 4.15. The molecule has 0 bridgehead atoms. The topological polar surface area (TPSA) is 69.2 Å². The van der Waals surface area contributed by atoms with Crippen LogP contribution in [0.5, 0.6) is 17.2 Å². The molecule has 3 aromatic rings. The molecule has 0 spiro atoms. The Morgan fingerprint density at radius 1 is 0.931 bits per heavy atom. The maximum Gasteiger partial charge on any atom is 0.271 e. The molecule has 0 fully saturated rings. The van der Waals surface area contributed by atoms with Gasteiger partial charge in [-0.1, -0.05) is 30.3 Å². The summed E-state index contributed by atoms with van der Waals surface area (Å²) in [6.07, 6.45) is 1.54. The number of nitrogens with zero attached hydrogens (tertiary/aromatic N) is 1. The normalized spacial score (nSPS) is 10.6. The molecule has 0 unspecified atom stereocenters. The number of benzene rings is 3. The molecule has 0 aliphatic carbocycles. The van der Waals surface area contributed by atoms with Crippen molar-refractivity contribution in [2.45, 2.75) is 6.61 Å². The lowest BCUT2D eigenvalue weighted by Crippen LogP contribution is -2.17. The van der Waals surface area contributed by atoms with E-state index in [9.17, 15) is 4.79 Å². The SMILES string of the molecule is COc1ccc(C=NNC(=O)c2ccc(OCc3ccccc3)cc2)cc1OC. The highest BCUT2D eigenvalue weighted by Crippen LogP contribution is 2.26. The van der Waals surface area contributed by atoms with Crippen LogP contribution in [0.4, 0.5) is 0 Å². The lowest BCUT2D eigenvalue weighted by atomic mass is 10.2. The summed E-state index contributed by atoms with van der Waals surface area (Å²) in [5.74, 6) is 1.60. The maximum absolute atomic E-state index is 12.2. The van der Waals surface area contributed by atoms with Gasteiger partial charge in [0.15, 0.2) is 11.5 Å². The fraction of sp³-hybridized carbons (Fsp3) is 0.130. The zero-order valence-electron chi connectivity index (χ0n) is 16.3. The molecule has 29 heavy (non-hydrogen) atoms. The monoisotopic (exact) mass is 390 g/mol. The van der Waals surface area contributed by atoms with Crippen molar-refractivity contribution in [3.05, 3.63) is 89.5 Å². The number of carbonyl (C=O) groups is 1. The first-order chi connectivity index (χ1) is 14.2. The quantitative estimate of drug-likeness (QED) is 0.465. The van der Waals surface area contributed by atoms with E-state index in [1.165, 1.54) is 6.21 Å². The van der Waals surface area contributed by atoms with Gasteiger partial charge in [0, 0.05) is 5.56 Å². The summed E-state index contributed by atoms with van der Waals surface area (Å²) in [5.41, 5.74) is 4.85. The van der Waals surface area contributed by atoms with Gasteiger partial charge in [0.25, 0.3) is 5.91 Å². The zero-order valence-corrected chi connectivity index (χ0v) is 16.3. The van der Waals surface area contributed by atoms with Gasteiger partial charge in [-0.15, -0.1) is 0 Å². The second-order valence-corrected chi connectivity index (χ2v) is 6.11. The Bertz CT molecular complexity index is 970. The molecule has 6 heteroatoms. The predicted molar refractivity (Wildman–Crippen MR) is 112 cm³/mol. The van der Waals surface area contributed by atoms with E-state index >= 15 is 0 Å². The molecular formula is C23H22N2O4. The van der Waals surface area contributed by atoms with Gasteiger partial charge in [-0.05, 0) is 53.6 Å². The fourth-order valence-electron chi connectivity index (χ4n) is 2.61. The first-order valence-corrected chi connectivity index (χ1v) is 9.02. The van der Waals surface area contributed by atoms with Crippen molar-refractivity contribution >= 4 is 12.1 Å². The number of rotatable bonds is 8. The summed E-state index contributed by atoms with van der Waals surface area (Å²) in [4.78, 5) is 12.2. The Kier molecular flexibility index (Phi) is 6.84. The minimum absolute atomic E-state index is 0.309. The lowest BCUT2D eigenvalue weighted by Gasteiger charge is -2.08. The third kappa shape index (κ3) is 5.59. The number of methoxy groups -OCH3 is 2. The van der Waals surface area contributed by atoms with Crippen molar-refractivity contribution in [1.29, 1.82) is 0 Å². The van der Waals surface area contributed by atoms with Gasteiger partial charge in [0.2, 0.25) is 0 Å². The molecule has 1 amide bonds. The summed E-state index contributed by atoms with van der Waals surface area (Å²) in [5, 5.41) is 4.00. The average molecular weight is 390 g/mol. The highest BCUT2D eigenvalue weighted by molar-refractivity contribution is 5.95. The van der Waals surface area contributed by atoms with E-state index in [-0.39, 0.29) is 5.91 Å². The van der Waals surface area contributed by atoms with Crippen molar-refractivity contribution in [1.82, 2.24) is 5.43 Å². The smallest absolute Gasteiger partial charge is 0.271 e. The molecular weight excluding hydrogens is 368 g/mol. The van der Waals surface area contributed by atoms with Crippen molar-refractivity contribution in [3.8, 4) is 17.2 Å². The fourth-order valence-corrected chi connectivity index (χ4v) is 2.61. The van der Waals surface area contributed by atoms with Crippen LogP contribution in [0.15, 0.2) is 77.9 Å². The van der Waals surface area contributed by atoms with E-state index in [0.717, 1.165) is 11.1 Å². The van der Waals surface area contributed by atoms with Crippen molar-refractivity contribution < 1.29 is 19.0 Å². The number of ether oxygens (including phenoxy) is 3. The second-order valence-electron chi connectivity index (χ2n) is 6.11. The molecule has 0 saturated heterocycles. The number of hydrogen-bond donors (Lipinski definition) is 1. The van der Waals surface area contributed by atoms with Crippen LogP contribution in [0.1, 0.15) is 21.5 Å². The van der Waals surface area contributed by atoms with Crippen molar-refractivity contribution in [3.63, 3.8) is 0 Å². The number of hydrazone groups is 1. The molecule has 0 heterocycles. The first-order valence-electron chi connectivity index (χ1n) is 9.02. The van der Waals surface area contributed by atoms with E-state index in [1.807, 2.05) is 36.4 Å². The van der Waals surface area contributed by atoms with Crippen molar-refractivity contribution in [2.75, 3.05) is 14.2 Å². The van der Waals surface area contributed by atoms with E-state index in [1.54, 1.807) is 50.6 Å². The maximum atomic E-state index is 12.2. The molecule has 0 radical (unpaired) electrons. The Hall–Kier alpha value is -3.80. The molecule has 3 rings (SSSR count). The van der Waals surface area contributed by atoms with Gasteiger partial charge >= 0.3 is 0 Å². The summed E-state index contributed by atoms with van der Waals surface area (Å²) >= 11 is 0. The number of nitrogens with one attached hydrogen (secondary N) is 1. The van der Waals surface area contributed by atoms with E-state index < -0.39 is 0 Å². The molecule has 1 N–H and O–H groups in total. The Balaban J connectivity index is 1.54. The van der Waals surface area contributed by atoms with Crippen molar-refractivity contribution in [2.24, 2.45) is 5.10 Å². The summed E-state index contributed by atoms with van der Waals surface area (Å²) in [6.45, 7) is 0.474. The van der Waals surface area contributed by atoms with Gasteiger partial charge in [0.05, 0.1) is 20.4 Å². The minimum atomic E-state index is -0.309. The standard InChI is InChI=1S/C23H22N2O4/c1-27-21-13-8-18(14-22(21)28-2)15-24-25-23(26)19-9-11-20(12-10-19)29-16-17-6-4-3-5-7-17/h3-15H,16H2,1-2H3,(H,25,26). The Morgan fingerprint density at radius 3 is 2.34 bits per heavy atom. The number of carbonyl (C=O) groups excluding carboxylic acids is 1. The molecule has 0 aromatic heterocycles. The molecule has 3 aromatic carbocycles. The molecule has 0 aliphatic rings. The summed E-state index contributed by atoms with van der Waals surface area (Å²) in [7, 11) is 3.14. The molecule has 6 nitrogen and oxygen atoms in total. The van der Waals surface area contributed by atoms with Crippen LogP contribution in [0.2, 0.25) is 0 Å². The van der Waals surface area contributed by atoms with Crippen LogP contribution >= 0.6 is 0 Å². The molecule has 0 aliphatic heterocycles. The Labute approximate surface area is 169 Å². The van der Waals surface area contributed by atoms with Crippen LogP contribution in [0.25, 0.3) is 0 Å². The van der Waals surface area contributed by atoms with Crippen LogP contribution < -0.4 is 19.6 Å². The van der Waals surface area contributed by atoms with Crippen LogP contribution in [0.3, 0.4) is 0 Å². The predicted octanol–water partition coefficient (Wildman–Crippen LogP) is 4.05. The molecule has 0 atom stereocenters. The summed E-state index contributed by atoms with van der Waals surface area (Å²) in [6, 6.07) is 22.2. The molecule has 0 saturated carbocycles. The lowest BCUT2D eigenvalue weighted by molar-refractivity contribution is 0.0955. The van der Waals surface area contributed by atoms with Gasteiger partial charge in [0.1, 0.15) is 12.4 Å². The number of amides is 1. The molecule has 148 valence electrons. The minimum Gasteiger partial charge on any atom is -0.493 e. The van der Waals surface area contributed by atoms with Crippen LogP contribution in [-0.4, -0.2) is 26.3 Å². The third-order valence-electron chi connectivity index (χ3n) is 4.15. The van der Waals surface area contributed by atoms with Crippen LogP contribution in [0, 0.1) is 0 Å². The van der Waals surface area contributed by atoms with E-state index in [2.05, 4.69) is 10.5 Å². The van der Waals surface area contributed by atoms with E-state index in [4.69, 9.17) is 14.2 Å². The Morgan fingerprint density at radius 2 is 1.66 bits per heavy atom. The second kappa shape index (κ2) is 9.94. The van der Waals surface area contributed by atoms with Crippen LogP contribution in [-0.2, 0) is 6.61 Å². The highest BCUT2D eigenvalue weighted by Gasteiger charge is 2.06. The first kappa shape index (κ1) is 19.9. The zero-order chi connectivity index (χ0) is 20.5. The highest BCUT2D eigenvalue weighted by atomic mass is 16.5. The number of hydrogen-bond acceptors (Lipinski definition) is 5. The summed E-state index contributed by atoms with van der Waals surface area (Å²) < 4.78 is 16.2. The van der Waals surface area contributed by atoms with Gasteiger partial charge in [-0.2, -0.15) is 5.10 Å².